The summed E-state index contributed by atoms with van der Waals surface area (Å²) in [6, 6.07) is 0. The third kappa shape index (κ3) is 4.43. The molecule has 0 aromatic rings. The lowest BCUT2D eigenvalue weighted by Crippen LogP contribution is -2.12. The van der Waals surface area contributed by atoms with E-state index >= 15 is 0 Å². The van der Waals surface area contributed by atoms with Gasteiger partial charge in [0.1, 0.15) is 6.10 Å². The van der Waals surface area contributed by atoms with Gasteiger partial charge in [0, 0.05) is 6.61 Å². The second kappa shape index (κ2) is 6.41. The highest BCUT2D eigenvalue weighted by atomic mass is 16.6. The van der Waals surface area contributed by atoms with Crippen molar-refractivity contribution in [1.29, 1.82) is 0 Å². The van der Waals surface area contributed by atoms with Crippen LogP contribution in [0.2, 0.25) is 0 Å². The maximum Gasteiger partial charge on any atom is 0.107 e. The van der Waals surface area contributed by atoms with Crippen LogP contribution in [-0.4, -0.2) is 25.4 Å². The van der Waals surface area contributed by atoms with E-state index in [9.17, 15) is 0 Å². The van der Waals surface area contributed by atoms with Crippen molar-refractivity contribution in [3.05, 3.63) is 0 Å². The van der Waals surface area contributed by atoms with Gasteiger partial charge in [0.15, 0.2) is 0 Å². The lowest BCUT2D eigenvalue weighted by molar-refractivity contribution is 0.0813. The molecule has 1 saturated heterocycles. The number of epoxide rings is 1. The molecule has 3 unspecified atom stereocenters. The Morgan fingerprint density at radius 1 is 1.36 bits per heavy atom. The summed E-state index contributed by atoms with van der Waals surface area (Å²) >= 11 is 0. The predicted octanol–water partition coefficient (Wildman–Crippen LogP) is 3.01. The number of ether oxygens (including phenoxy) is 2. The van der Waals surface area contributed by atoms with Crippen molar-refractivity contribution in [3.8, 4) is 0 Å². The van der Waals surface area contributed by atoms with E-state index in [1.807, 2.05) is 0 Å². The highest BCUT2D eigenvalue weighted by molar-refractivity contribution is 4.79. The fourth-order valence-electron chi connectivity index (χ4n) is 1.65. The zero-order chi connectivity index (χ0) is 10.4. The minimum atomic E-state index is 0.388. The fraction of sp³-hybridized carbons (Fsp3) is 1.00. The van der Waals surface area contributed by atoms with E-state index in [0.717, 1.165) is 19.1 Å². The molecule has 0 aromatic carbocycles. The van der Waals surface area contributed by atoms with Gasteiger partial charge in [-0.2, -0.15) is 0 Å². The first-order valence-electron chi connectivity index (χ1n) is 6.01. The van der Waals surface area contributed by atoms with Crippen molar-refractivity contribution in [2.75, 3.05) is 13.2 Å². The molecule has 2 nitrogen and oxygen atoms in total. The molecule has 1 fully saturated rings. The van der Waals surface area contributed by atoms with Crippen LogP contribution >= 0.6 is 0 Å². The molecule has 0 aromatic heterocycles. The minimum Gasteiger partial charge on any atom is -0.378 e. The Morgan fingerprint density at radius 3 is 2.57 bits per heavy atom. The summed E-state index contributed by atoms with van der Waals surface area (Å²) in [7, 11) is 0. The zero-order valence-corrected chi connectivity index (χ0v) is 9.79. The van der Waals surface area contributed by atoms with Gasteiger partial charge in [0.2, 0.25) is 0 Å². The van der Waals surface area contributed by atoms with Crippen LogP contribution in [0.25, 0.3) is 0 Å². The van der Waals surface area contributed by atoms with Gasteiger partial charge in [-0.25, -0.2) is 0 Å². The Hall–Kier alpha value is -0.0800. The molecule has 0 aliphatic carbocycles. The summed E-state index contributed by atoms with van der Waals surface area (Å²) in [6.07, 6.45) is 6.00. The molecule has 0 N–H and O–H groups in total. The van der Waals surface area contributed by atoms with Crippen LogP contribution in [0.4, 0.5) is 0 Å². The van der Waals surface area contributed by atoms with Crippen molar-refractivity contribution < 1.29 is 9.47 Å². The van der Waals surface area contributed by atoms with Crippen LogP contribution in [0.5, 0.6) is 0 Å². The molecule has 0 spiro atoms. The van der Waals surface area contributed by atoms with Crippen LogP contribution in [-0.2, 0) is 9.47 Å². The van der Waals surface area contributed by atoms with E-state index in [0.29, 0.717) is 12.2 Å². The van der Waals surface area contributed by atoms with E-state index in [2.05, 4.69) is 20.8 Å². The first-order valence-corrected chi connectivity index (χ1v) is 6.01. The smallest absolute Gasteiger partial charge is 0.107 e. The van der Waals surface area contributed by atoms with Crippen molar-refractivity contribution in [1.82, 2.24) is 0 Å². The summed E-state index contributed by atoms with van der Waals surface area (Å²) < 4.78 is 10.9. The molecule has 84 valence electrons. The van der Waals surface area contributed by atoms with E-state index in [4.69, 9.17) is 9.47 Å². The third-order valence-electron chi connectivity index (χ3n) is 3.02. The van der Waals surface area contributed by atoms with E-state index in [1.165, 1.54) is 25.7 Å². The van der Waals surface area contributed by atoms with Gasteiger partial charge in [-0.05, 0) is 19.3 Å². The second-order valence-corrected chi connectivity index (χ2v) is 4.33. The van der Waals surface area contributed by atoms with Crippen LogP contribution in [0, 0.1) is 5.92 Å². The monoisotopic (exact) mass is 200 g/mol. The van der Waals surface area contributed by atoms with Gasteiger partial charge in [0.25, 0.3) is 0 Å². The number of hydrogen-bond acceptors (Lipinski definition) is 2. The number of rotatable bonds is 8. The SMILES string of the molecule is CCCCC(CC)COCC1OC1C. The van der Waals surface area contributed by atoms with Gasteiger partial charge in [-0.1, -0.05) is 33.1 Å². The highest BCUT2D eigenvalue weighted by Gasteiger charge is 2.34. The fourth-order valence-corrected chi connectivity index (χ4v) is 1.65. The van der Waals surface area contributed by atoms with Crippen LogP contribution in [0.3, 0.4) is 0 Å². The van der Waals surface area contributed by atoms with Gasteiger partial charge in [0.05, 0.1) is 12.7 Å². The quantitative estimate of drug-likeness (QED) is 0.562. The van der Waals surface area contributed by atoms with Crippen LogP contribution < -0.4 is 0 Å². The Morgan fingerprint density at radius 2 is 2.07 bits per heavy atom. The van der Waals surface area contributed by atoms with Crippen molar-refractivity contribution in [3.63, 3.8) is 0 Å². The number of hydrogen-bond donors (Lipinski definition) is 0. The maximum atomic E-state index is 5.65. The molecule has 14 heavy (non-hydrogen) atoms. The summed E-state index contributed by atoms with van der Waals surface area (Å²) in [4.78, 5) is 0. The number of unbranched alkanes of at least 4 members (excludes halogenated alkanes) is 1. The lowest BCUT2D eigenvalue weighted by Gasteiger charge is -2.13. The summed E-state index contributed by atoms with van der Waals surface area (Å²) in [5.41, 5.74) is 0. The van der Waals surface area contributed by atoms with Gasteiger partial charge < -0.3 is 9.47 Å². The Balaban J connectivity index is 1.96. The summed E-state index contributed by atoms with van der Waals surface area (Å²) in [5, 5.41) is 0. The average Bonchev–Trinajstić information content (AvgIpc) is 2.88. The first-order chi connectivity index (χ1) is 6.77. The van der Waals surface area contributed by atoms with E-state index in [-0.39, 0.29) is 0 Å². The van der Waals surface area contributed by atoms with Gasteiger partial charge in [-0.3, -0.25) is 0 Å². The molecule has 1 aliphatic heterocycles. The van der Waals surface area contributed by atoms with E-state index in [1.54, 1.807) is 0 Å². The van der Waals surface area contributed by atoms with Crippen molar-refractivity contribution in [2.45, 2.75) is 58.7 Å². The molecule has 0 radical (unpaired) electrons. The largest absolute Gasteiger partial charge is 0.378 e. The normalized spacial score (nSPS) is 27.6. The average molecular weight is 200 g/mol. The summed E-state index contributed by atoms with van der Waals surface area (Å²) in [6.45, 7) is 8.31. The van der Waals surface area contributed by atoms with Crippen LogP contribution in [0.1, 0.15) is 46.5 Å². The topological polar surface area (TPSA) is 21.8 Å². The Labute approximate surface area is 88.0 Å². The van der Waals surface area contributed by atoms with Gasteiger partial charge in [-0.15, -0.1) is 0 Å². The molecule has 0 bridgehead atoms. The Bertz CT molecular complexity index is 147. The molecule has 2 heteroatoms. The summed E-state index contributed by atoms with van der Waals surface area (Å²) in [5.74, 6) is 0.754. The van der Waals surface area contributed by atoms with E-state index < -0.39 is 0 Å². The standard InChI is InChI=1S/C12H24O2/c1-4-6-7-11(5-2)8-13-9-12-10(3)14-12/h10-12H,4-9H2,1-3H3. The Kier molecular flexibility index (Phi) is 5.49. The zero-order valence-electron chi connectivity index (χ0n) is 9.79. The molecular formula is C12H24O2. The first kappa shape index (κ1) is 12.0. The molecule has 0 amide bonds. The van der Waals surface area contributed by atoms with Crippen molar-refractivity contribution in [2.24, 2.45) is 5.92 Å². The highest BCUT2D eigenvalue weighted by Crippen LogP contribution is 2.21. The molecule has 1 aliphatic rings. The molecule has 1 rings (SSSR count). The lowest BCUT2D eigenvalue weighted by atomic mass is 10.0. The minimum absolute atomic E-state index is 0.388. The maximum absolute atomic E-state index is 5.65. The second-order valence-electron chi connectivity index (χ2n) is 4.33. The molecule has 0 saturated carbocycles. The molecule has 3 atom stereocenters. The van der Waals surface area contributed by atoms with Crippen molar-refractivity contribution >= 4 is 0 Å². The van der Waals surface area contributed by atoms with Crippen LogP contribution in [0.15, 0.2) is 0 Å². The molecular weight excluding hydrogens is 176 g/mol. The van der Waals surface area contributed by atoms with Gasteiger partial charge >= 0.3 is 0 Å². The molecule has 1 heterocycles. The third-order valence-corrected chi connectivity index (χ3v) is 3.02. The predicted molar refractivity (Wildman–Crippen MR) is 58.5 cm³/mol.